The first-order valence-corrected chi connectivity index (χ1v) is 17.7. The number of halogens is 1. The molecule has 0 bridgehead atoms. The summed E-state index contributed by atoms with van der Waals surface area (Å²) in [5.41, 5.74) is 9.74. The molecule has 1 aromatic heterocycles. The van der Waals surface area contributed by atoms with E-state index in [-0.39, 0.29) is 30.3 Å². The molecule has 0 radical (unpaired) electrons. The number of carbonyl (C=O) groups excluding carboxylic acids is 3. The molecule has 0 unspecified atom stereocenters. The number of fused-ring (bicyclic) bond motifs is 1. The number of rotatable bonds is 7. The first-order valence-electron chi connectivity index (χ1n) is 16.4. The fourth-order valence-electron chi connectivity index (χ4n) is 7.43. The molecule has 2 aromatic rings. The molecule has 5 heterocycles. The summed E-state index contributed by atoms with van der Waals surface area (Å²) in [5, 5.41) is 7.39. The summed E-state index contributed by atoms with van der Waals surface area (Å²) < 4.78 is 0. The number of urea groups is 1. The van der Waals surface area contributed by atoms with Gasteiger partial charge in [-0.05, 0) is 75.3 Å². The van der Waals surface area contributed by atoms with Gasteiger partial charge in [-0.15, -0.1) is 17.8 Å². The molecule has 3 N–H and O–H groups in total. The van der Waals surface area contributed by atoms with Gasteiger partial charge in [0, 0.05) is 74.3 Å². The van der Waals surface area contributed by atoms with Crippen LogP contribution in [0, 0.1) is 18.3 Å². The first-order chi connectivity index (χ1) is 22.2. The van der Waals surface area contributed by atoms with Crippen molar-refractivity contribution in [2.75, 3.05) is 70.5 Å². The van der Waals surface area contributed by atoms with E-state index in [0.29, 0.717) is 74.3 Å². The third-order valence-electron chi connectivity index (χ3n) is 10.3. The van der Waals surface area contributed by atoms with Gasteiger partial charge in [-0.2, -0.15) is 0 Å². The van der Waals surface area contributed by atoms with E-state index in [1.165, 1.54) is 0 Å². The Morgan fingerprint density at radius 2 is 1.72 bits per heavy atom. The van der Waals surface area contributed by atoms with Crippen molar-refractivity contribution in [3.8, 4) is 12.3 Å². The topological polar surface area (TPSA) is 105 Å². The summed E-state index contributed by atoms with van der Waals surface area (Å²) in [7, 11) is 2.17. The van der Waals surface area contributed by atoms with Crippen molar-refractivity contribution in [1.82, 2.24) is 24.5 Å². The standard InChI is InChI=1S/C34H44ClN7O3S/c1-3-24-16-23(18-29(35)32(24)36)17-25(33(44)41-14-12-39(13-15-41)27-4-8-38(2)9-5-27)19-31(43)40-10-6-28(7-11-40)42-20-26-21-46-22-30(26)37-34(42)45/h1,16,18,21-22,25,27-28H,4-15,17,19-20,36H2,2H3,(H,37,45)/t25-/m0/s1. The number of thiophene rings is 1. The summed E-state index contributed by atoms with van der Waals surface area (Å²) in [5.74, 6) is 2.01. The number of terminal acetylenes is 1. The number of carbonyl (C=O) groups is 3. The quantitative estimate of drug-likeness (QED) is 0.345. The van der Waals surface area contributed by atoms with Crippen LogP contribution < -0.4 is 11.1 Å². The molecule has 46 heavy (non-hydrogen) atoms. The van der Waals surface area contributed by atoms with E-state index < -0.39 is 5.92 Å². The van der Waals surface area contributed by atoms with Crippen LogP contribution in [0.15, 0.2) is 22.9 Å². The van der Waals surface area contributed by atoms with Crippen LogP contribution in [-0.4, -0.2) is 114 Å². The highest BCUT2D eigenvalue weighted by Gasteiger charge is 2.36. The van der Waals surface area contributed by atoms with Crippen LogP contribution in [0.1, 0.15) is 48.8 Å². The Labute approximate surface area is 280 Å². The summed E-state index contributed by atoms with van der Waals surface area (Å²) in [6.45, 7) is 6.91. The summed E-state index contributed by atoms with van der Waals surface area (Å²) in [6.07, 6.45) is 9.87. The number of nitrogens with one attached hydrogen (secondary N) is 1. The highest BCUT2D eigenvalue weighted by molar-refractivity contribution is 7.08. The Hall–Kier alpha value is -3.30. The van der Waals surface area contributed by atoms with E-state index >= 15 is 0 Å². The number of nitrogen functional groups attached to an aromatic ring is 1. The maximum Gasteiger partial charge on any atom is 0.322 e. The van der Waals surface area contributed by atoms with Crippen LogP contribution >= 0.6 is 22.9 Å². The lowest BCUT2D eigenvalue weighted by Gasteiger charge is -2.43. The van der Waals surface area contributed by atoms with E-state index in [2.05, 4.69) is 33.5 Å². The molecular formula is C34H44ClN7O3S. The minimum atomic E-state index is -0.546. The summed E-state index contributed by atoms with van der Waals surface area (Å²) in [6, 6.07) is 4.11. The zero-order valence-electron chi connectivity index (χ0n) is 26.5. The highest BCUT2D eigenvalue weighted by atomic mass is 35.5. The van der Waals surface area contributed by atoms with Crippen LogP contribution in [0.2, 0.25) is 5.02 Å². The number of nitrogens with two attached hydrogens (primary N) is 1. The normalized spacial score (nSPS) is 21.1. The van der Waals surface area contributed by atoms with Gasteiger partial charge in [0.05, 0.1) is 28.9 Å². The van der Waals surface area contributed by atoms with Crippen molar-refractivity contribution >= 4 is 52.2 Å². The molecule has 4 amide bonds. The largest absolute Gasteiger partial charge is 0.397 e. The van der Waals surface area contributed by atoms with Crippen LogP contribution in [0.25, 0.3) is 0 Å². The van der Waals surface area contributed by atoms with Gasteiger partial charge in [0.15, 0.2) is 0 Å². The molecule has 3 saturated heterocycles. The second-order valence-corrected chi connectivity index (χ2v) is 14.3. The van der Waals surface area contributed by atoms with Crippen molar-refractivity contribution in [2.45, 2.75) is 57.2 Å². The fraction of sp³-hybridized carbons (Fsp3) is 0.559. The Morgan fingerprint density at radius 1 is 1.02 bits per heavy atom. The lowest BCUT2D eigenvalue weighted by atomic mass is 9.92. The number of amides is 4. The summed E-state index contributed by atoms with van der Waals surface area (Å²) >= 11 is 8.00. The number of anilines is 2. The zero-order chi connectivity index (χ0) is 32.4. The monoisotopic (exact) mass is 665 g/mol. The smallest absolute Gasteiger partial charge is 0.322 e. The van der Waals surface area contributed by atoms with Gasteiger partial charge in [0.1, 0.15) is 0 Å². The molecule has 3 fully saturated rings. The third kappa shape index (κ3) is 7.15. The average molecular weight is 666 g/mol. The van der Waals surface area contributed by atoms with E-state index in [4.69, 9.17) is 23.8 Å². The van der Waals surface area contributed by atoms with Gasteiger partial charge in [-0.3, -0.25) is 14.5 Å². The molecule has 1 atom stereocenters. The van der Waals surface area contributed by atoms with Crippen LogP contribution in [0.3, 0.4) is 0 Å². The Balaban J connectivity index is 1.10. The molecule has 246 valence electrons. The lowest BCUT2D eigenvalue weighted by Crippen LogP contribution is -2.55. The van der Waals surface area contributed by atoms with Crippen LogP contribution in [0.4, 0.5) is 16.2 Å². The number of hydrogen-bond acceptors (Lipinski definition) is 7. The molecule has 0 spiro atoms. The zero-order valence-corrected chi connectivity index (χ0v) is 28.1. The number of likely N-dealkylation sites (tertiary alicyclic amines) is 2. The van der Waals surface area contributed by atoms with Crippen molar-refractivity contribution in [3.05, 3.63) is 44.6 Å². The average Bonchev–Trinajstić information content (AvgIpc) is 3.53. The number of piperidine rings is 2. The van der Waals surface area contributed by atoms with Crippen molar-refractivity contribution in [3.63, 3.8) is 0 Å². The molecule has 4 aliphatic rings. The fourth-order valence-corrected chi connectivity index (χ4v) is 8.45. The van der Waals surface area contributed by atoms with E-state index in [9.17, 15) is 14.4 Å². The molecule has 0 aliphatic carbocycles. The maximum atomic E-state index is 14.1. The second-order valence-electron chi connectivity index (χ2n) is 13.2. The molecule has 4 aliphatic heterocycles. The van der Waals surface area contributed by atoms with Crippen molar-refractivity contribution < 1.29 is 14.4 Å². The van der Waals surface area contributed by atoms with Gasteiger partial charge in [-0.25, -0.2) is 4.79 Å². The van der Waals surface area contributed by atoms with Gasteiger partial charge in [-0.1, -0.05) is 17.5 Å². The van der Waals surface area contributed by atoms with E-state index in [1.54, 1.807) is 23.5 Å². The van der Waals surface area contributed by atoms with Crippen molar-refractivity contribution in [2.24, 2.45) is 5.92 Å². The molecule has 10 nitrogen and oxygen atoms in total. The van der Waals surface area contributed by atoms with Gasteiger partial charge >= 0.3 is 6.03 Å². The molecule has 0 saturated carbocycles. The molecule has 12 heteroatoms. The minimum Gasteiger partial charge on any atom is -0.397 e. The van der Waals surface area contributed by atoms with E-state index in [1.807, 2.05) is 20.1 Å². The lowest BCUT2D eigenvalue weighted by molar-refractivity contribution is -0.143. The molecular weight excluding hydrogens is 622 g/mol. The predicted octanol–water partition coefficient (Wildman–Crippen LogP) is 3.79. The highest BCUT2D eigenvalue weighted by Crippen LogP contribution is 2.31. The van der Waals surface area contributed by atoms with Gasteiger partial charge in [0.25, 0.3) is 0 Å². The SMILES string of the molecule is C#Cc1cc(C[C@@H](CC(=O)N2CCC(N3Cc4cscc4NC3=O)CC2)C(=O)N2CCN(C3CCN(C)CC3)CC2)cc(Cl)c1N. The van der Waals surface area contributed by atoms with Gasteiger partial charge < -0.3 is 30.7 Å². The number of benzene rings is 1. The van der Waals surface area contributed by atoms with E-state index in [0.717, 1.165) is 55.8 Å². The number of piperazine rings is 1. The molecule has 6 rings (SSSR count). The van der Waals surface area contributed by atoms with Crippen LogP contribution in [0.5, 0.6) is 0 Å². The Morgan fingerprint density at radius 3 is 2.41 bits per heavy atom. The third-order valence-corrected chi connectivity index (χ3v) is 11.4. The summed E-state index contributed by atoms with van der Waals surface area (Å²) in [4.78, 5) is 51.2. The van der Waals surface area contributed by atoms with Gasteiger partial charge in [0.2, 0.25) is 11.8 Å². The number of hydrogen-bond donors (Lipinski definition) is 2. The van der Waals surface area contributed by atoms with Crippen molar-refractivity contribution in [1.29, 1.82) is 0 Å². The maximum absolute atomic E-state index is 14.1. The molecule has 1 aromatic carbocycles. The minimum absolute atomic E-state index is 0.00183. The van der Waals surface area contributed by atoms with Crippen LogP contribution in [-0.2, 0) is 22.6 Å². The number of nitrogens with zero attached hydrogens (tertiary/aromatic N) is 5. The Bertz CT molecular complexity index is 1480. The predicted molar refractivity (Wildman–Crippen MR) is 183 cm³/mol. The Kier molecular flexibility index (Phi) is 10.1. The second kappa shape index (κ2) is 14.2. The first kappa shape index (κ1) is 32.6.